The van der Waals surface area contributed by atoms with Gasteiger partial charge < -0.3 is 0 Å². The Bertz CT molecular complexity index is 405. The van der Waals surface area contributed by atoms with E-state index in [9.17, 15) is 9.59 Å². The second kappa shape index (κ2) is 4.40. The molecule has 0 bridgehead atoms. The highest BCUT2D eigenvalue weighted by molar-refractivity contribution is 6.00. The summed E-state index contributed by atoms with van der Waals surface area (Å²) in [6, 6.07) is 5.13. The number of rotatable bonds is 2. The van der Waals surface area contributed by atoms with Crippen LogP contribution in [0.1, 0.15) is 12.6 Å². The van der Waals surface area contributed by atoms with E-state index in [1.807, 2.05) is 6.07 Å². The van der Waals surface area contributed by atoms with Crippen molar-refractivity contribution in [2.75, 3.05) is 6.54 Å². The zero-order valence-electron chi connectivity index (χ0n) is 9.01. The standard InChI is InChI=1S/C11H13N3O2/c1-8-11(16)14(10(15)6-13-8)7-9-4-2-3-5-12-9/h2-5,8,13H,6-7H2,1H3. The molecule has 2 rings (SSSR count). The maximum Gasteiger partial charge on any atom is 0.246 e. The van der Waals surface area contributed by atoms with E-state index in [1.165, 1.54) is 4.90 Å². The van der Waals surface area contributed by atoms with Crippen LogP contribution in [0.3, 0.4) is 0 Å². The normalized spacial score (nSPS) is 21.3. The van der Waals surface area contributed by atoms with Crippen molar-refractivity contribution >= 4 is 11.8 Å². The number of pyridine rings is 1. The fourth-order valence-electron chi connectivity index (χ4n) is 1.60. The van der Waals surface area contributed by atoms with Gasteiger partial charge in [-0.1, -0.05) is 6.07 Å². The molecule has 2 amide bonds. The minimum atomic E-state index is -0.304. The number of piperazine rings is 1. The summed E-state index contributed by atoms with van der Waals surface area (Å²) in [6.07, 6.45) is 1.65. The molecule has 2 heterocycles. The van der Waals surface area contributed by atoms with Crippen molar-refractivity contribution in [2.45, 2.75) is 19.5 Å². The highest BCUT2D eigenvalue weighted by Crippen LogP contribution is 2.07. The summed E-state index contributed by atoms with van der Waals surface area (Å²) < 4.78 is 0. The molecule has 16 heavy (non-hydrogen) atoms. The second-order valence-corrected chi connectivity index (χ2v) is 3.74. The predicted octanol–water partition coefficient (Wildman–Crippen LogP) is -0.0715. The number of imide groups is 1. The largest absolute Gasteiger partial charge is 0.298 e. The average Bonchev–Trinajstić information content (AvgIpc) is 2.31. The van der Waals surface area contributed by atoms with Crippen LogP contribution in [0.25, 0.3) is 0 Å². The van der Waals surface area contributed by atoms with Crippen LogP contribution in [0.5, 0.6) is 0 Å². The van der Waals surface area contributed by atoms with Crippen LogP contribution in [0.2, 0.25) is 0 Å². The van der Waals surface area contributed by atoms with Crippen LogP contribution in [0.4, 0.5) is 0 Å². The molecule has 0 saturated carbocycles. The van der Waals surface area contributed by atoms with Gasteiger partial charge in [-0.25, -0.2) is 0 Å². The molecule has 1 aliphatic rings. The molecule has 0 aromatic carbocycles. The summed E-state index contributed by atoms with van der Waals surface area (Å²) in [5.74, 6) is -0.393. The monoisotopic (exact) mass is 219 g/mol. The molecular formula is C11H13N3O2. The van der Waals surface area contributed by atoms with Crippen molar-refractivity contribution in [2.24, 2.45) is 0 Å². The lowest BCUT2D eigenvalue weighted by molar-refractivity contribution is -0.149. The summed E-state index contributed by atoms with van der Waals surface area (Å²) in [7, 11) is 0. The molecule has 0 aliphatic carbocycles. The van der Waals surface area contributed by atoms with Crippen LogP contribution in [0, 0.1) is 0 Å². The molecule has 1 aliphatic heterocycles. The first-order chi connectivity index (χ1) is 7.68. The third-order valence-electron chi connectivity index (χ3n) is 2.54. The molecule has 5 heteroatoms. The van der Waals surface area contributed by atoms with E-state index in [1.54, 1.807) is 25.3 Å². The van der Waals surface area contributed by atoms with Gasteiger partial charge in [0.25, 0.3) is 0 Å². The first-order valence-corrected chi connectivity index (χ1v) is 5.16. The first kappa shape index (κ1) is 10.8. The number of carbonyl (C=O) groups excluding carboxylic acids is 2. The number of hydrogen-bond donors (Lipinski definition) is 1. The average molecular weight is 219 g/mol. The van der Waals surface area contributed by atoms with Gasteiger partial charge >= 0.3 is 0 Å². The number of carbonyl (C=O) groups is 2. The van der Waals surface area contributed by atoms with Crippen molar-refractivity contribution < 1.29 is 9.59 Å². The third kappa shape index (κ3) is 2.09. The van der Waals surface area contributed by atoms with Gasteiger partial charge in [-0.15, -0.1) is 0 Å². The lowest BCUT2D eigenvalue weighted by Gasteiger charge is -2.29. The molecule has 5 nitrogen and oxygen atoms in total. The van der Waals surface area contributed by atoms with Crippen LogP contribution in [-0.2, 0) is 16.1 Å². The van der Waals surface area contributed by atoms with E-state index >= 15 is 0 Å². The van der Waals surface area contributed by atoms with Gasteiger partial charge in [0, 0.05) is 6.20 Å². The van der Waals surface area contributed by atoms with Gasteiger partial charge in [-0.3, -0.25) is 24.8 Å². The Labute approximate surface area is 93.5 Å². The summed E-state index contributed by atoms with van der Waals surface area (Å²) >= 11 is 0. The van der Waals surface area contributed by atoms with Crippen LogP contribution < -0.4 is 5.32 Å². The van der Waals surface area contributed by atoms with Gasteiger partial charge in [0.05, 0.1) is 24.8 Å². The molecule has 1 atom stereocenters. The van der Waals surface area contributed by atoms with E-state index in [0.717, 1.165) is 5.69 Å². The number of nitrogens with one attached hydrogen (secondary N) is 1. The Balaban J connectivity index is 2.13. The SMILES string of the molecule is CC1NCC(=O)N(Cc2ccccn2)C1=O. The highest BCUT2D eigenvalue weighted by Gasteiger charge is 2.31. The van der Waals surface area contributed by atoms with Gasteiger partial charge in [0.2, 0.25) is 11.8 Å². The quantitative estimate of drug-likeness (QED) is 0.707. The van der Waals surface area contributed by atoms with Crippen molar-refractivity contribution in [3.63, 3.8) is 0 Å². The minimum Gasteiger partial charge on any atom is -0.298 e. The lowest BCUT2D eigenvalue weighted by Crippen LogP contribution is -2.56. The molecule has 1 fully saturated rings. The molecule has 1 N–H and O–H groups in total. The zero-order chi connectivity index (χ0) is 11.5. The molecule has 84 valence electrons. The number of aromatic nitrogens is 1. The summed E-state index contributed by atoms with van der Waals surface area (Å²) in [5.41, 5.74) is 0.721. The van der Waals surface area contributed by atoms with E-state index in [2.05, 4.69) is 10.3 Å². The second-order valence-electron chi connectivity index (χ2n) is 3.74. The Kier molecular flexibility index (Phi) is 2.96. The fraction of sp³-hybridized carbons (Fsp3) is 0.364. The van der Waals surface area contributed by atoms with Crippen molar-refractivity contribution in [3.8, 4) is 0 Å². The number of hydrogen-bond acceptors (Lipinski definition) is 4. The van der Waals surface area contributed by atoms with Crippen molar-refractivity contribution in [1.82, 2.24) is 15.2 Å². The van der Waals surface area contributed by atoms with Crippen LogP contribution in [-0.4, -0.2) is 34.3 Å². The summed E-state index contributed by atoms with van der Waals surface area (Å²) in [4.78, 5) is 28.7. The lowest BCUT2D eigenvalue weighted by atomic mass is 10.2. The molecule has 1 saturated heterocycles. The maximum absolute atomic E-state index is 11.8. The topological polar surface area (TPSA) is 62.3 Å². The zero-order valence-corrected chi connectivity index (χ0v) is 9.01. The molecular weight excluding hydrogens is 206 g/mol. The Morgan fingerprint density at radius 2 is 2.31 bits per heavy atom. The van der Waals surface area contributed by atoms with Crippen molar-refractivity contribution in [3.05, 3.63) is 30.1 Å². The number of nitrogens with zero attached hydrogens (tertiary/aromatic N) is 2. The third-order valence-corrected chi connectivity index (χ3v) is 2.54. The smallest absolute Gasteiger partial charge is 0.246 e. The van der Waals surface area contributed by atoms with Gasteiger partial charge in [-0.2, -0.15) is 0 Å². The van der Waals surface area contributed by atoms with Gasteiger partial charge in [-0.05, 0) is 19.1 Å². The predicted molar refractivity (Wildman–Crippen MR) is 57.3 cm³/mol. The molecule has 1 aromatic rings. The molecule has 1 aromatic heterocycles. The Morgan fingerprint density at radius 1 is 1.50 bits per heavy atom. The van der Waals surface area contributed by atoms with Crippen LogP contribution >= 0.6 is 0 Å². The number of amides is 2. The maximum atomic E-state index is 11.8. The van der Waals surface area contributed by atoms with Crippen molar-refractivity contribution in [1.29, 1.82) is 0 Å². The van der Waals surface area contributed by atoms with E-state index in [-0.39, 0.29) is 30.9 Å². The summed E-state index contributed by atoms with van der Waals surface area (Å²) in [5, 5.41) is 2.84. The first-order valence-electron chi connectivity index (χ1n) is 5.16. The highest BCUT2D eigenvalue weighted by atomic mass is 16.2. The Morgan fingerprint density at radius 3 is 3.00 bits per heavy atom. The van der Waals surface area contributed by atoms with E-state index < -0.39 is 0 Å². The molecule has 0 spiro atoms. The molecule has 0 radical (unpaired) electrons. The van der Waals surface area contributed by atoms with E-state index in [0.29, 0.717) is 0 Å². The Hall–Kier alpha value is -1.75. The van der Waals surface area contributed by atoms with Crippen LogP contribution in [0.15, 0.2) is 24.4 Å². The minimum absolute atomic E-state index is 0.193. The van der Waals surface area contributed by atoms with E-state index in [4.69, 9.17) is 0 Å². The van der Waals surface area contributed by atoms with Gasteiger partial charge in [0.15, 0.2) is 0 Å². The fourth-order valence-corrected chi connectivity index (χ4v) is 1.60. The molecule has 1 unspecified atom stereocenters. The van der Waals surface area contributed by atoms with Gasteiger partial charge in [0.1, 0.15) is 0 Å². The summed E-state index contributed by atoms with van der Waals surface area (Å²) in [6.45, 7) is 2.21.